The summed E-state index contributed by atoms with van der Waals surface area (Å²) in [5, 5.41) is 0. The first-order valence-electron chi connectivity index (χ1n) is 9.46. The van der Waals surface area contributed by atoms with E-state index in [1.807, 2.05) is 17.0 Å². The van der Waals surface area contributed by atoms with E-state index < -0.39 is 18.0 Å². The summed E-state index contributed by atoms with van der Waals surface area (Å²) in [6, 6.07) is 7.93. The Hall–Kier alpha value is -2.06. The third-order valence-electron chi connectivity index (χ3n) is 5.25. The summed E-state index contributed by atoms with van der Waals surface area (Å²) in [6.07, 6.45) is -1.87. The minimum Gasteiger partial charge on any atom is -0.338 e. The van der Waals surface area contributed by atoms with E-state index in [0.29, 0.717) is 18.0 Å². The molecule has 0 radical (unpaired) electrons. The van der Waals surface area contributed by atoms with Gasteiger partial charge in [-0.05, 0) is 72.2 Å². The average molecular weight is 424 g/mol. The van der Waals surface area contributed by atoms with E-state index in [1.165, 1.54) is 0 Å². The highest BCUT2D eigenvalue weighted by Crippen LogP contribution is 2.36. The van der Waals surface area contributed by atoms with Crippen LogP contribution in [-0.2, 0) is 17.8 Å². The molecular weight excluding hydrogens is 404 g/mol. The van der Waals surface area contributed by atoms with E-state index in [1.54, 1.807) is 6.07 Å². The second-order valence-electron chi connectivity index (χ2n) is 7.46. The fourth-order valence-corrected chi connectivity index (χ4v) is 4.34. The van der Waals surface area contributed by atoms with Gasteiger partial charge < -0.3 is 4.90 Å². The molecule has 1 fully saturated rings. The summed E-state index contributed by atoms with van der Waals surface area (Å²) < 4.78 is 56.0. The van der Waals surface area contributed by atoms with E-state index >= 15 is 0 Å². The molecule has 4 rings (SSSR count). The maximum Gasteiger partial charge on any atom is 0.408 e. The number of alkyl halides is 3. The number of hydrogen-bond acceptors (Lipinski definition) is 3. The lowest BCUT2D eigenvalue weighted by molar-refractivity contribution is -0.152. The van der Waals surface area contributed by atoms with Crippen LogP contribution < -0.4 is 4.72 Å². The Morgan fingerprint density at radius 3 is 2.48 bits per heavy atom. The Labute approximate surface area is 170 Å². The number of halogens is 4. The molecule has 1 aliphatic heterocycles. The van der Waals surface area contributed by atoms with E-state index in [4.69, 9.17) is 0 Å². The van der Waals surface area contributed by atoms with Crippen molar-refractivity contribution in [2.45, 2.75) is 42.9 Å². The Bertz CT molecular complexity index is 897. The fraction of sp³-hybridized carbons (Fsp3) is 0.381. The standard InChI is InChI=1S/C21H20F4N2OS/c22-17-6-3-14(4-7-17)19(21(23,24)25)26-29-18-8-5-13-9-10-27(12-16(13)11-18)20(28)15-1-2-15/h3-8,11,15,19,26H,1-2,9-10,12H2. The van der Waals surface area contributed by atoms with Crippen LogP contribution in [0.25, 0.3) is 0 Å². The number of fused-ring (bicyclic) bond motifs is 1. The van der Waals surface area contributed by atoms with Crippen LogP contribution >= 0.6 is 11.9 Å². The molecule has 1 N–H and O–H groups in total. The third-order valence-corrected chi connectivity index (χ3v) is 6.10. The summed E-state index contributed by atoms with van der Waals surface area (Å²) in [5.74, 6) is -0.249. The van der Waals surface area contributed by atoms with Crippen molar-refractivity contribution in [1.29, 1.82) is 0 Å². The van der Waals surface area contributed by atoms with Gasteiger partial charge in [0, 0.05) is 23.9 Å². The van der Waals surface area contributed by atoms with Crippen molar-refractivity contribution in [3.8, 4) is 0 Å². The summed E-state index contributed by atoms with van der Waals surface area (Å²) in [4.78, 5) is 14.8. The third kappa shape index (κ3) is 4.75. The summed E-state index contributed by atoms with van der Waals surface area (Å²) in [6.45, 7) is 1.19. The van der Waals surface area contributed by atoms with Crippen LogP contribution in [-0.4, -0.2) is 23.5 Å². The van der Waals surface area contributed by atoms with Crippen molar-refractivity contribution in [2.75, 3.05) is 6.54 Å². The predicted molar refractivity (Wildman–Crippen MR) is 102 cm³/mol. The van der Waals surface area contributed by atoms with Crippen molar-refractivity contribution >= 4 is 17.9 Å². The minimum atomic E-state index is -4.52. The molecule has 2 aromatic rings. The van der Waals surface area contributed by atoms with Crippen molar-refractivity contribution in [3.63, 3.8) is 0 Å². The second-order valence-corrected chi connectivity index (χ2v) is 8.37. The molecule has 3 nitrogen and oxygen atoms in total. The number of carbonyl (C=O) groups is 1. The lowest BCUT2D eigenvalue weighted by Gasteiger charge is -2.29. The molecule has 0 spiro atoms. The molecule has 0 bridgehead atoms. The maximum absolute atomic E-state index is 13.5. The zero-order chi connectivity index (χ0) is 20.6. The van der Waals surface area contributed by atoms with Crippen LogP contribution in [0.15, 0.2) is 47.4 Å². The van der Waals surface area contributed by atoms with Gasteiger partial charge in [-0.1, -0.05) is 18.2 Å². The molecule has 0 saturated heterocycles. The van der Waals surface area contributed by atoms with Crippen LogP contribution in [0.3, 0.4) is 0 Å². The van der Waals surface area contributed by atoms with Gasteiger partial charge >= 0.3 is 6.18 Å². The van der Waals surface area contributed by atoms with E-state index in [9.17, 15) is 22.4 Å². The fourth-order valence-electron chi connectivity index (χ4n) is 3.48. The Balaban J connectivity index is 1.47. The van der Waals surface area contributed by atoms with Crippen LogP contribution in [0.2, 0.25) is 0 Å². The van der Waals surface area contributed by atoms with Crippen LogP contribution in [0, 0.1) is 11.7 Å². The molecule has 1 saturated carbocycles. The first-order valence-corrected chi connectivity index (χ1v) is 10.3. The first-order chi connectivity index (χ1) is 13.8. The van der Waals surface area contributed by atoms with Gasteiger partial charge in [0.1, 0.15) is 11.9 Å². The second kappa shape index (κ2) is 7.99. The Kier molecular flexibility index (Phi) is 5.57. The zero-order valence-electron chi connectivity index (χ0n) is 15.5. The molecule has 1 unspecified atom stereocenters. The number of benzene rings is 2. The normalized spacial score (nSPS) is 17.7. The number of amides is 1. The van der Waals surface area contributed by atoms with Crippen molar-refractivity contribution < 1.29 is 22.4 Å². The average Bonchev–Trinajstić information content (AvgIpc) is 3.52. The predicted octanol–water partition coefficient (Wildman–Crippen LogP) is 5.02. The van der Waals surface area contributed by atoms with E-state index in [0.717, 1.165) is 66.6 Å². The van der Waals surface area contributed by atoms with Crippen molar-refractivity contribution in [1.82, 2.24) is 9.62 Å². The van der Waals surface area contributed by atoms with E-state index in [-0.39, 0.29) is 17.4 Å². The van der Waals surface area contributed by atoms with Gasteiger partial charge in [0.15, 0.2) is 0 Å². The molecule has 0 aromatic heterocycles. The molecular formula is C21H20F4N2OS. The minimum absolute atomic E-state index is 0.0504. The monoisotopic (exact) mass is 424 g/mol. The number of carbonyl (C=O) groups excluding carboxylic acids is 1. The van der Waals surface area contributed by atoms with Crippen LogP contribution in [0.5, 0.6) is 0 Å². The van der Waals surface area contributed by atoms with Gasteiger partial charge in [0.25, 0.3) is 0 Å². The molecule has 1 atom stereocenters. The number of rotatable bonds is 5. The van der Waals surface area contributed by atoms with Gasteiger partial charge in [0.05, 0.1) is 0 Å². The first kappa shape index (κ1) is 20.2. The number of nitrogens with zero attached hydrogens (tertiary/aromatic N) is 1. The summed E-state index contributed by atoms with van der Waals surface area (Å²) in [5.41, 5.74) is 2.05. The molecule has 2 aliphatic rings. The molecule has 1 amide bonds. The molecule has 8 heteroatoms. The van der Waals surface area contributed by atoms with Crippen LogP contribution in [0.4, 0.5) is 17.6 Å². The summed E-state index contributed by atoms with van der Waals surface area (Å²) in [7, 11) is 0. The number of hydrogen-bond donors (Lipinski definition) is 1. The molecule has 1 heterocycles. The SMILES string of the molecule is O=C(C1CC1)N1CCc2ccc(SNC(c3ccc(F)cc3)C(F)(F)F)cc2C1. The Morgan fingerprint density at radius 2 is 1.83 bits per heavy atom. The molecule has 1 aliphatic carbocycles. The molecule has 29 heavy (non-hydrogen) atoms. The maximum atomic E-state index is 13.5. The number of nitrogens with one attached hydrogen (secondary N) is 1. The Morgan fingerprint density at radius 1 is 1.10 bits per heavy atom. The van der Waals surface area contributed by atoms with E-state index in [2.05, 4.69) is 4.72 Å². The highest BCUT2D eigenvalue weighted by molar-refractivity contribution is 7.97. The highest BCUT2D eigenvalue weighted by atomic mass is 32.2. The topological polar surface area (TPSA) is 32.3 Å². The lowest BCUT2D eigenvalue weighted by Crippen LogP contribution is -2.36. The van der Waals surface area contributed by atoms with Gasteiger partial charge in [-0.15, -0.1) is 0 Å². The van der Waals surface area contributed by atoms with Crippen molar-refractivity contribution in [2.24, 2.45) is 5.92 Å². The van der Waals surface area contributed by atoms with Gasteiger partial charge in [0.2, 0.25) is 5.91 Å². The summed E-state index contributed by atoms with van der Waals surface area (Å²) >= 11 is 0.888. The largest absolute Gasteiger partial charge is 0.408 e. The smallest absolute Gasteiger partial charge is 0.338 e. The lowest BCUT2D eigenvalue weighted by atomic mass is 9.99. The highest BCUT2D eigenvalue weighted by Gasteiger charge is 2.41. The molecule has 2 aromatic carbocycles. The zero-order valence-corrected chi connectivity index (χ0v) is 16.3. The quantitative estimate of drug-likeness (QED) is 0.540. The van der Waals surface area contributed by atoms with Gasteiger partial charge in [-0.25, -0.2) is 9.11 Å². The molecule has 154 valence electrons. The van der Waals surface area contributed by atoms with Gasteiger partial charge in [-0.3, -0.25) is 4.79 Å². The van der Waals surface area contributed by atoms with Crippen LogP contribution in [0.1, 0.15) is 35.6 Å². The van der Waals surface area contributed by atoms with Gasteiger partial charge in [-0.2, -0.15) is 13.2 Å². The van der Waals surface area contributed by atoms with Crippen molar-refractivity contribution in [3.05, 3.63) is 65.0 Å².